The Morgan fingerprint density at radius 3 is 2.54 bits per heavy atom. The third kappa shape index (κ3) is 4.93. The van der Waals surface area contributed by atoms with Crippen molar-refractivity contribution in [2.24, 2.45) is 17.8 Å². The van der Waals surface area contributed by atoms with Gasteiger partial charge < -0.3 is 14.8 Å². The van der Waals surface area contributed by atoms with Gasteiger partial charge in [-0.25, -0.2) is 0 Å². The second-order valence-electron chi connectivity index (χ2n) is 7.87. The van der Waals surface area contributed by atoms with Gasteiger partial charge in [0.05, 0.1) is 19.8 Å². The lowest BCUT2D eigenvalue weighted by Gasteiger charge is -2.37. The molecule has 0 spiro atoms. The molecule has 1 saturated carbocycles. The van der Waals surface area contributed by atoms with Crippen molar-refractivity contribution in [3.05, 3.63) is 0 Å². The van der Waals surface area contributed by atoms with E-state index in [1.807, 2.05) is 0 Å². The Morgan fingerprint density at radius 2 is 1.88 bits per heavy atom. The second-order valence-corrected chi connectivity index (χ2v) is 7.87. The molecule has 2 heterocycles. The van der Waals surface area contributed by atoms with Gasteiger partial charge in [0, 0.05) is 44.1 Å². The molecular weight excluding hydrogens is 304 g/mol. The number of hydrogen-bond donors (Lipinski definition) is 1. The Balaban J connectivity index is 1.48. The van der Waals surface area contributed by atoms with E-state index < -0.39 is 0 Å². The smallest absolute Gasteiger partial charge is 0.222 e. The highest BCUT2D eigenvalue weighted by Crippen LogP contribution is 2.30. The normalized spacial score (nSPS) is 28.8. The first kappa shape index (κ1) is 18.2. The van der Waals surface area contributed by atoms with Crippen LogP contribution >= 0.6 is 0 Å². The molecule has 0 aromatic carbocycles. The first-order valence-corrected chi connectivity index (χ1v) is 9.91. The molecule has 3 aliphatic rings. The maximum Gasteiger partial charge on any atom is 0.222 e. The number of nitrogens with zero attached hydrogens (tertiary/aromatic N) is 1. The third-order valence-electron chi connectivity index (χ3n) is 6.12. The summed E-state index contributed by atoms with van der Waals surface area (Å²) in [6.07, 6.45) is 7.48. The number of rotatable bonds is 7. The van der Waals surface area contributed by atoms with Crippen molar-refractivity contribution >= 4 is 5.91 Å². The number of carbonyl (C=O) groups is 1. The minimum absolute atomic E-state index is 0.137. The Morgan fingerprint density at radius 1 is 1.12 bits per heavy atom. The first-order valence-electron chi connectivity index (χ1n) is 9.91. The van der Waals surface area contributed by atoms with Crippen molar-refractivity contribution in [1.82, 2.24) is 10.2 Å². The highest BCUT2D eigenvalue weighted by molar-refractivity contribution is 5.78. The van der Waals surface area contributed by atoms with Gasteiger partial charge in [-0.05, 0) is 18.8 Å². The summed E-state index contributed by atoms with van der Waals surface area (Å²) in [7, 11) is 0. The van der Waals surface area contributed by atoms with E-state index in [4.69, 9.17) is 9.47 Å². The van der Waals surface area contributed by atoms with Crippen molar-refractivity contribution < 1.29 is 14.3 Å². The van der Waals surface area contributed by atoms with Crippen LogP contribution < -0.4 is 5.32 Å². The molecule has 3 fully saturated rings. The van der Waals surface area contributed by atoms with Crippen molar-refractivity contribution in [2.45, 2.75) is 51.5 Å². The van der Waals surface area contributed by atoms with Crippen LogP contribution in [0.25, 0.3) is 0 Å². The average Bonchev–Trinajstić information content (AvgIpc) is 3.30. The zero-order chi connectivity index (χ0) is 16.8. The van der Waals surface area contributed by atoms with Crippen LogP contribution in [-0.2, 0) is 14.3 Å². The van der Waals surface area contributed by atoms with E-state index in [1.165, 1.54) is 25.7 Å². The van der Waals surface area contributed by atoms with Crippen molar-refractivity contribution in [2.75, 3.05) is 46.1 Å². The fourth-order valence-electron chi connectivity index (χ4n) is 4.59. The molecular formula is C19H34N2O3. The highest BCUT2D eigenvalue weighted by atomic mass is 16.5. The Labute approximate surface area is 146 Å². The molecule has 1 N–H and O–H groups in total. The summed E-state index contributed by atoms with van der Waals surface area (Å²) in [6, 6.07) is 0.388. The molecule has 0 aromatic heterocycles. The summed E-state index contributed by atoms with van der Waals surface area (Å²) in [5.41, 5.74) is 0. The summed E-state index contributed by atoms with van der Waals surface area (Å²) in [4.78, 5) is 15.0. The van der Waals surface area contributed by atoms with Gasteiger partial charge in [-0.2, -0.15) is 0 Å². The standard InChI is InChI=1S/C19H34N2O3/c1-15(12-16-4-2-3-5-16)19(22)20-13-18(17-6-9-24-14-17)21-7-10-23-11-8-21/h15-18H,2-14H2,1H3,(H,20,22)/t15-,17-,18+/m1/s1. The number of morpholine rings is 1. The minimum atomic E-state index is 0.137. The molecule has 24 heavy (non-hydrogen) atoms. The maximum absolute atomic E-state index is 12.5. The van der Waals surface area contributed by atoms with Gasteiger partial charge in [-0.3, -0.25) is 9.69 Å². The van der Waals surface area contributed by atoms with E-state index in [0.29, 0.717) is 12.0 Å². The fourth-order valence-corrected chi connectivity index (χ4v) is 4.59. The quantitative estimate of drug-likeness (QED) is 0.772. The van der Waals surface area contributed by atoms with Gasteiger partial charge >= 0.3 is 0 Å². The maximum atomic E-state index is 12.5. The van der Waals surface area contributed by atoms with E-state index in [9.17, 15) is 4.79 Å². The summed E-state index contributed by atoms with van der Waals surface area (Å²) in [5.74, 6) is 1.68. The Bertz CT molecular complexity index is 386. The van der Waals surface area contributed by atoms with E-state index in [0.717, 1.165) is 64.8 Å². The SMILES string of the molecule is C[C@H](CC1CCCC1)C(=O)NC[C@@H]([C@@H]1CCOC1)N1CCOCC1. The van der Waals surface area contributed by atoms with Crippen LogP contribution in [0.15, 0.2) is 0 Å². The summed E-state index contributed by atoms with van der Waals surface area (Å²) < 4.78 is 11.1. The van der Waals surface area contributed by atoms with Crippen LogP contribution in [0.3, 0.4) is 0 Å². The fraction of sp³-hybridized carbons (Fsp3) is 0.947. The molecule has 1 aliphatic carbocycles. The third-order valence-corrected chi connectivity index (χ3v) is 6.12. The van der Waals surface area contributed by atoms with E-state index >= 15 is 0 Å². The van der Waals surface area contributed by atoms with Gasteiger partial charge in [0.1, 0.15) is 0 Å². The summed E-state index contributed by atoms with van der Waals surface area (Å²) in [6.45, 7) is 8.07. The van der Waals surface area contributed by atoms with Gasteiger partial charge in [0.15, 0.2) is 0 Å². The molecule has 5 nitrogen and oxygen atoms in total. The number of ether oxygens (including phenoxy) is 2. The molecule has 0 radical (unpaired) electrons. The van der Waals surface area contributed by atoms with Crippen LogP contribution in [0.5, 0.6) is 0 Å². The lowest BCUT2D eigenvalue weighted by Crippen LogP contribution is -2.52. The lowest BCUT2D eigenvalue weighted by molar-refractivity contribution is -0.125. The second kappa shape index (κ2) is 9.16. The molecule has 3 rings (SSSR count). The number of carbonyl (C=O) groups excluding carboxylic acids is 1. The molecule has 138 valence electrons. The number of hydrogen-bond acceptors (Lipinski definition) is 4. The molecule has 1 amide bonds. The first-order chi connectivity index (χ1) is 11.7. The van der Waals surface area contributed by atoms with Crippen molar-refractivity contribution in [1.29, 1.82) is 0 Å². The van der Waals surface area contributed by atoms with Gasteiger partial charge in [0.2, 0.25) is 5.91 Å². The van der Waals surface area contributed by atoms with Crippen molar-refractivity contribution in [3.8, 4) is 0 Å². The number of nitrogens with one attached hydrogen (secondary N) is 1. The average molecular weight is 338 g/mol. The van der Waals surface area contributed by atoms with Crippen molar-refractivity contribution in [3.63, 3.8) is 0 Å². The van der Waals surface area contributed by atoms with Gasteiger partial charge in [0.25, 0.3) is 0 Å². The summed E-state index contributed by atoms with van der Waals surface area (Å²) in [5, 5.41) is 3.25. The minimum Gasteiger partial charge on any atom is -0.381 e. The van der Waals surface area contributed by atoms with Crippen LogP contribution in [-0.4, -0.2) is 62.9 Å². The lowest BCUT2D eigenvalue weighted by atomic mass is 9.93. The zero-order valence-corrected chi connectivity index (χ0v) is 15.2. The van der Waals surface area contributed by atoms with Crippen LogP contribution in [0.4, 0.5) is 0 Å². The highest BCUT2D eigenvalue weighted by Gasteiger charge is 2.32. The molecule has 2 aliphatic heterocycles. The van der Waals surface area contributed by atoms with E-state index in [1.54, 1.807) is 0 Å². The topological polar surface area (TPSA) is 50.8 Å². The van der Waals surface area contributed by atoms with Crippen LogP contribution in [0.2, 0.25) is 0 Å². The van der Waals surface area contributed by atoms with E-state index in [2.05, 4.69) is 17.1 Å². The molecule has 3 atom stereocenters. The molecule has 0 aromatic rings. The number of amides is 1. The van der Waals surface area contributed by atoms with Crippen LogP contribution in [0, 0.1) is 17.8 Å². The molecule has 0 bridgehead atoms. The predicted molar refractivity (Wildman–Crippen MR) is 93.9 cm³/mol. The van der Waals surface area contributed by atoms with Gasteiger partial charge in [-0.1, -0.05) is 32.6 Å². The van der Waals surface area contributed by atoms with Gasteiger partial charge in [-0.15, -0.1) is 0 Å². The zero-order valence-electron chi connectivity index (χ0n) is 15.2. The predicted octanol–water partition coefficient (Wildman–Crippen LogP) is 2.06. The van der Waals surface area contributed by atoms with Crippen LogP contribution in [0.1, 0.15) is 45.4 Å². The largest absolute Gasteiger partial charge is 0.381 e. The van der Waals surface area contributed by atoms with E-state index in [-0.39, 0.29) is 11.8 Å². The molecule has 5 heteroatoms. The monoisotopic (exact) mass is 338 g/mol. The molecule has 0 unspecified atom stereocenters. The Hall–Kier alpha value is -0.650. The Kier molecular flexibility index (Phi) is 6.93. The summed E-state index contributed by atoms with van der Waals surface area (Å²) >= 11 is 0. The molecule has 2 saturated heterocycles.